The van der Waals surface area contributed by atoms with Gasteiger partial charge in [0.1, 0.15) is 0 Å². The zero-order valence-electron chi connectivity index (χ0n) is 8.83. The molecule has 82 valence electrons. The van der Waals surface area contributed by atoms with Crippen molar-refractivity contribution in [3.63, 3.8) is 0 Å². The molecule has 0 aliphatic rings. The molecule has 0 aliphatic carbocycles. The Bertz CT molecular complexity index is 364. The molecule has 0 saturated heterocycles. The Morgan fingerprint density at radius 3 is 2.53 bits per heavy atom. The lowest BCUT2D eigenvalue weighted by Crippen LogP contribution is -2.30. The van der Waals surface area contributed by atoms with E-state index in [1.165, 1.54) is 0 Å². The zero-order valence-corrected chi connectivity index (χ0v) is 11.3. The number of amides is 1. The van der Waals surface area contributed by atoms with Gasteiger partial charge in [0.25, 0.3) is 5.91 Å². The number of halogens is 1. The molecule has 0 fully saturated rings. The van der Waals surface area contributed by atoms with Crippen LogP contribution in [0.3, 0.4) is 0 Å². The monoisotopic (exact) mass is 287 g/mol. The quantitative estimate of drug-likeness (QED) is 0.847. The van der Waals surface area contributed by atoms with Crippen molar-refractivity contribution in [1.82, 2.24) is 4.90 Å². The molecule has 0 heterocycles. The molecule has 0 unspecified atom stereocenters. The number of carbonyl (C=O) groups is 1. The lowest BCUT2D eigenvalue weighted by molar-refractivity contribution is 0.0772. The topological polar surface area (TPSA) is 20.3 Å². The van der Waals surface area contributed by atoms with Crippen molar-refractivity contribution in [2.45, 2.75) is 18.7 Å². The van der Waals surface area contributed by atoms with Gasteiger partial charge in [-0.1, -0.05) is 0 Å². The van der Waals surface area contributed by atoms with E-state index in [0.717, 1.165) is 22.5 Å². The van der Waals surface area contributed by atoms with Gasteiger partial charge in [0.15, 0.2) is 0 Å². The molecule has 0 bridgehead atoms. The van der Waals surface area contributed by atoms with Crippen LogP contribution in [0, 0.1) is 0 Å². The molecule has 0 aromatic heterocycles. The van der Waals surface area contributed by atoms with Crippen LogP contribution < -0.4 is 0 Å². The van der Waals surface area contributed by atoms with Crippen molar-refractivity contribution >= 4 is 34.5 Å². The Hall–Kier alpha value is -0.480. The van der Waals surface area contributed by atoms with Crippen LogP contribution in [0.1, 0.15) is 24.2 Å². The van der Waals surface area contributed by atoms with Crippen molar-refractivity contribution in [3.05, 3.63) is 28.2 Å². The molecule has 0 spiro atoms. The van der Waals surface area contributed by atoms with Crippen molar-refractivity contribution in [1.29, 1.82) is 0 Å². The maximum absolute atomic E-state index is 12.0. The van der Waals surface area contributed by atoms with Crippen LogP contribution in [0.5, 0.6) is 0 Å². The highest BCUT2D eigenvalue weighted by atomic mass is 79.9. The molecule has 2 nitrogen and oxygen atoms in total. The van der Waals surface area contributed by atoms with Crippen LogP contribution in [0.25, 0.3) is 0 Å². The highest BCUT2D eigenvalue weighted by molar-refractivity contribution is 9.10. The Morgan fingerprint density at radius 2 is 2.00 bits per heavy atom. The third-order valence-corrected chi connectivity index (χ3v) is 3.20. The molecule has 15 heavy (non-hydrogen) atoms. The van der Waals surface area contributed by atoms with Gasteiger partial charge in [-0.25, -0.2) is 0 Å². The van der Waals surface area contributed by atoms with Crippen molar-refractivity contribution in [2.75, 3.05) is 13.1 Å². The van der Waals surface area contributed by atoms with Gasteiger partial charge in [0, 0.05) is 22.5 Å². The fourth-order valence-corrected chi connectivity index (χ4v) is 1.98. The van der Waals surface area contributed by atoms with Gasteiger partial charge >= 0.3 is 0 Å². The normalized spacial score (nSPS) is 10.1. The summed E-state index contributed by atoms with van der Waals surface area (Å²) in [6.07, 6.45) is 0. The highest BCUT2D eigenvalue weighted by Gasteiger charge is 2.15. The third kappa shape index (κ3) is 2.98. The number of benzene rings is 1. The number of rotatable bonds is 3. The lowest BCUT2D eigenvalue weighted by atomic mass is 10.2. The Balaban J connectivity index is 3.04. The van der Waals surface area contributed by atoms with Gasteiger partial charge in [-0.3, -0.25) is 4.79 Å². The summed E-state index contributed by atoms with van der Waals surface area (Å²) in [6, 6.07) is 5.49. The Morgan fingerprint density at radius 1 is 1.40 bits per heavy atom. The summed E-state index contributed by atoms with van der Waals surface area (Å²) in [5, 5.41) is 0. The van der Waals surface area contributed by atoms with Gasteiger partial charge in [-0.2, -0.15) is 0 Å². The minimum atomic E-state index is 0.0442. The molecule has 0 radical (unpaired) electrons. The Labute approximate surface area is 104 Å². The summed E-state index contributed by atoms with van der Waals surface area (Å²) >= 11 is 7.61. The van der Waals surface area contributed by atoms with E-state index in [2.05, 4.69) is 28.6 Å². The number of hydrogen-bond donors (Lipinski definition) is 1. The molecule has 0 atom stereocenters. The number of hydrogen-bond acceptors (Lipinski definition) is 2. The summed E-state index contributed by atoms with van der Waals surface area (Å²) < 4.78 is 0.817. The van der Waals surface area contributed by atoms with Crippen LogP contribution in [0.4, 0.5) is 0 Å². The molecule has 0 saturated carbocycles. The van der Waals surface area contributed by atoms with E-state index in [4.69, 9.17) is 0 Å². The summed E-state index contributed by atoms with van der Waals surface area (Å²) in [4.78, 5) is 14.6. The van der Waals surface area contributed by atoms with Crippen molar-refractivity contribution < 1.29 is 4.79 Å². The SMILES string of the molecule is CCN(CC)C(=O)c1cc(S)ccc1Br. The van der Waals surface area contributed by atoms with Gasteiger partial charge in [0.2, 0.25) is 0 Å². The third-order valence-electron chi connectivity index (χ3n) is 2.23. The van der Waals surface area contributed by atoms with Crippen LogP contribution in [0.15, 0.2) is 27.6 Å². The first-order valence-corrected chi connectivity index (χ1v) is 6.12. The van der Waals surface area contributed by atoms with Gasteiger partial charge in [-0.05, 0) is 48.0 Å². The second kappa shape index (κ2) is 5.56. The average Bonchev–Trinajstić information content (AvgIpc) is 2.23. The second-order valence-corrected chi connectivity index (χ2v) is 4.51. The molecule has 0 aliphatic heterocycles. The molecule has 1 aromatic rings. The molecule has 4 heteroatoms. The molecular formula is C11H14BrNOS. The summed E-state index contributed by atoms with van der Waals surface area (Å²) in [6.45, 7) is 5.39. The van der Waals surface area contributed by atoms with Crippen LogP contribution in [-0.2, 0) is 0 Å². The maximum Gasteiger partial charge on any atom is 0.255 e. The van der Waals surface area contributed by atoms with Crippen LogP contribution >= 0.6 is 28.6 Å². The predicted molar refractivity (Wildman–Crippen MR) is 68.6 cm³/mol. The number of nitrogens with zero attached hydrogens (tertiary/aromatic N) is 1. The van der Waals surface area contributed by atoms with Gasteiger partial charge in [0.05, 0.1) is 5.56 Å². The lowest BCUT2D eigenvalue weighted by Gasteiger charge is -2.19. The first kappa shape index (κ1) is 12.6. The van der Waals surface area contributed by atoms with Crippen molar-refractivity contribution in [2.24, 2.45) is 0 Å². The molecule has 0 N–H and O–H groups in total. The van der Waals surface area contributed by atoms with E-state index < -0.39 is 0 Å². The Kier molecular flexibility index (Phi) is 4.67. The van der Waals surface area contributed by atoms with E-state index in [1.54, 1.807) is 11.0 Å². The van der Waals surface area contributed by atoms with E-state index in [9.17, 15) is 4.79 Å². The number of thiol groups is 1. The van der Waals surface area contributed by atoms with Gasteiger partial charge in [-0.15, -0.1) is 12.6 Å². The van der Waals surface area contributed by atoms with E-state index in [0.29, 0.717) is 5.56 Å². The largest absolute Gasteiger partial charge is 0.339 e. The molecule has 1 rings (SSSR count). The first-order chi connectivity index (χ1) is 7.10. The predicted octanol–water partition coefficient (Wildman–Crippen LogP) is 3.22. The fourth-order valence-electron chi connectivity index (χ4n) is 1.36. The molecule has 1 aromatic carbocycles. The maximum atomic E-state index is 12.0. The summed E-state index contributed by atoms with van der Waals surface area (Å²) in [7, 11) is 0. The fraction of sp³-hybridized carbons (Fsp3) is 0.364. The minimum absolute atomic E-state index is 0.0442. The minimum Gasteiger partial charge on any atom is -0.339 e. The number of carbonyl (C=O) groups excluding carboxylic acids is 1. The average molecular weight is 288 g/mol. The van der Waals surface area contributed by atoms with Crippen LogP contribution in [-0.4, -0.2) is 23.9 Å². The smallest absolute Gasteiger partial charge is 0.255 e. The van der Waals surface area contributed by atoms with E-state index in [-0.39, 0.29) is 5.91 Å². The van der Waals surface area contributed by atoms with Gasteiger partial charge < -0.3 is 4.90 Å². The highest BCUT2D eigenvalue weighted by Crippen LogP contribution is 2.21. The summed E-state index contributed by atoms with van der Waals surface area (Å²) in [5.41, 5.74) is 0.672. The van der Waals surface area contributed by atoms with E-state index >= 15 is 0 Å². The zero-order chi connectivity index (χ0) is 11.4. The second-order valence-electron chi connectivity index (χ2n) is 3.14. The van der Waals surface area contributed by atoms with Crippen molar-refractivity contribution in [3.8, 4) is 0 Å². The first-order valence-electron chi connectivity index (χ1n) is 4.88. The summed E-state index contributed by atoms with van der Waals surface area (Å²) in [5.74, 6) is 0.0442. The molecular weight excluding hydrogens is 274 g/mol. The molecule has 1 amide bonds. The van der Waals surface area contributed by atoms with E-state index in [1.807, 2.05) is 26.0 Å². The van der Waals surface area contributed by atoms with Crippen LogP contribution in [0.2, 0.25) is 0 Å². The standard InChI is InChI=1S/C11H14BrNOS/c1-3-13(4-2)11(14)9-7-8(15)5-6-10(9)12/h5-7,15H,3-4H2,1-2H3.